The summed E-state index contributed by atoms with van der Waals surface area (Å²) in [5.74, 6) is -8.80. The smallest absolute Gasteiger partial charge is 0.410 e. The van der Waals surface area contributed by atoms with Gasteiger partial charge in [0.1, 0.15) is 89.1 Å². The summed E-state index contributed by atoms with van der Waals surface area (Å²) in [5.41, 5.74) is 3.10. The van der Waals surface area contributed by atoms with Crippen LogP contribution in [-0.4, -0.2) is 365 Å². The van der Waals surface area contributed by atoms with Crippen LogP contribution >= 0.6 is 11.6 Å². The molecule has 44 nitrogen and oxygen atoms in total. The maximum absolute atomic E-state index is 14.6. The number of aliphatic carboxylic acids is 2. The number of anilines is 2. The number of amides is 9. The Labute approximate surface area is 811 Å². The molecule has 139 heavy (non-hydrogen) atoms. The number of esters is 1. The number of carboxylic acids is 2. The van der Waals surface area contributed by atoms with Crippen LogP contribution in [0.5, 0.6) is 11.5 Å². The molecule has 0 radical (unpaired) electrons. The Hall–Kier alpha value is -10.8. The number of aliphatic hydroxyl groups is 5. The zero-order valence-corrected chi connectivity index (χ0v) is 81.4. The predicted octanol–water partition coefficient (Wildman–Crippen LogP) is 2.64. The monoisotopic (exact) mass is 1970 g/mol. The SMILES string of the molecule is CNN(C)Cc1cc2cccnc2n1CCC(=O)N1CCC(NCCOCCOCCC(=O)N[C@H](C(=O)N[C@@H](C)C(=O)Nc2ccc(COC(=O)N3CCC(N(CCOCCOCCC(=O)O)C(=O)CCC(=O)N(C)[C@@H](C)C(=O)O[C@H]4CC(=O)N(C)c5cc(cc(OC)c5Cl)C/C(C)=C/C=C/[C@@H](O)[C@@]5(O)C[C@H](OC(=O)N5)[C@@H](C)C5O[C@]54C)CC3)cc2O[C@@H]2O[C@H](C(=O)O)[C@@H](O)[C@H](O)[C@H]2O)C(C)C)CC1. The molecule has 45 heteroatoms. The number of methoxy groups -OCH3 is 1. The number of allylic oxidation sites excluding steroid dienone is 3. The summed E-state index contributed by atoms with van der Waals surface area (Å²) in [6.45, 7) is 14.6. The number of benzene rings is 2. The Morgan fingerprint density at radius 1 is 0.777 bits per heavy atom. The summed E-state index contributed by atoms with van der Waals surface area (Å²) in [7, 11) is 8.04. The molecule has 13 N–H and O–H groups in total. The number of nitrogens with zero attached hydrogens (tertiary/aromatic N) is 8. The Kier molecular flexibility index (Phi) is 40.9. The molecule has 6 aliphatic heterocycles. The van der Waals surface area contributed by atoms with Gasteiger partial charge in [-0.25, -0.2) is 29.2 Å². The first kappa shape index (κ1) is 110. The summed E-state index contributed by atoms with van der Waals surface area (Å²) in [4.78, 5) is 175. The number of carbonyl (C=O) groups excluding carboxylic acids is 10. The number of aryl methyl sites for hydroxylation is 1. The molecule has 2 aromatic carbocycles. The van der Waals surface area contributed by atoms with E-state index in [1.165, 1.54) is 80.1 Å². The Bertz CT molecular complexity index is 4970. The number of likely N-dealkylation sites (tertiary alicyclic amines) is 2. The van der Waals surface area contributed by atoms with Crippen molar-refractivity contribution in [2.75, 3.05) is 138 Å². The molecule has 4 aromatic rings. The minimum absolute atomic E-state index is 0.00660. The molecule has 4 bridgehead atoms. The van der Waals surface area contributed by atoms with Crippen molar-refractivity contribution in [1.29, 1.82) is 0 Å². The normalized spacial score (nSPS) is 24.5. The third-order valence-electron chi connectivity index (χ3n) is 25.8. The molecule has 0 saturated carbocycles. The predicted molar refractivity (Wildman–Crippen MR) is 499 cm³/mol. The largest absolute Gasteiger partial charge is 0.495 e. The average molecular weight is 1980 g/mol. The number of piperidine rings is 2. The van der Waals surface area contributed by atoms with Gasteiger partial charge >= 0.3 is 30.1 Å². The van der Waals surface area contributed by atoms with Crippen molar-refractivity contribution in [3.8, 4) is 11.5 Å². The van der Waals surface area contributed by atoms with Gasteiger partial charge in [-0.1, -0.05) is 62.2 Å². The minimum Gasteiger partial charge on any atom is -0.495 e. The number of carbonyl (C=O) groups is 12. The van der Waals surface area contributed by atoms with Gasteiger partial charge in [-0.05, 0) is 126 Å². The zero-order valence-electron chi connectivity index (χ0n) is 80.6. The van der Waals surface area contributed by atoms with Gasteiger partial charge in [0.15, 0.2) is 11.8 Å². The highest BCUT2D eigenvalue weighted by Crippen LogP contribution is 2.50. The van der Waals surface area contributed by atoms with E-state index in [0.717, 1.165) is 40.0 Å². The van der Waals surface area contributed by atoms with Gasteiger partial charge in [-0.3, -0.25) is 49.1 Å². The van der Waals surface area contributed by atoms with Crippen LogP contribution in [0.1, 0.15) is 136 Å². The van der Waals surface area contributed by atoms with Gasteiger partial charge in [0, 0.05) is 134 Å². The number of alkyl carbamates (subject to hydrolysis) is 1. The summed E-state index contributed by atoms with van der Waals surface area (Å²) in [5, 5.41) is 91.1. The van der Waals surface area contributed by atoms with Crippen molar-refractivity contribution in [3.05, 3.63) is 100 Å². The number of ether oxygens (including phenoxy) is 11. The van der Waals surface area contributed by atoms with Crippen LogP contribution in [0.15, 0.2) is 78.5 Å². The lowest BCUT2D eigenvalue weighted by Crippen LogP contribution is -2.63. The van der Waals surface area contributed by atoms with Crippen molar-refractivity contribution in [2.45, 2.75) is 242 Å². The number of hydrogen-bond acceptors (Lipinski definition) is 32. The van der Waals surface area contributed by atoms with Gasteiger partial charge in [0.25, 0.3) is 0 Å². The maximum atomic E-state index is 14.6. The van der Waals surface area contributed by atoms with Crippen LogP contribution in [0.2, 0.25) is 5.02 Å². The van der Waals surface area contributed by atoms with E-state index in [2.05, 4.69) is 47.6 Å². The second-order valence-corrected chi connectivity index (χ2v) is 36.6. The molecule has 2 aromatic heterocycles. The summed E-state index contributed by atoms with van der Waals surface area (Å²) in [6, 6.07) is 9.28. The molecule has 5 saturated heterocycles. The molecular weight excluding hydrogens is 1840 g/mol. The number of carboxylic acid groups (broad SMARTS) is 2. The van der Waals surface area contributed by atoms with Crippen LogP contribution in [0.4, 0.5) is 21.0 Å². The topological polar surface area (TPSA) is 561 Å². The third kappa shape index (κ3) is 30.4. The number of pyridine rings is 1. The molecule has 15 atom stereocenters. The lowest BCUT2D eigenvalue weighted by molar-refractivity contribution is -0.271. The van der Waals surface area contributed by atoms with Crippen LogP contribution in [0.3, 0.4) is 0 Å². The van der Waals surface area contributed by atoms with Crippen molar-refractivity contribution < 1.29 is 145 Å². The van der Waals surface area contributed by atoms with E-state index < -0.39 is 187 Å². The number of likely N-dealkylation sites (N-methyl/N-ethyl adjacent to an activating group) is 1. The van der Waals surface area contributed by atoms with E-state index in [0.29, 0.717) is 57.7 Å². The lowest BCUT2D eigenvalue weighted by Gasteiger charge is -2.41. The first-order valence-corrected chi connectivity index (χ1v) is 47.2. The van der Waals surface area contributed by atoms with Crippen molar-refractivity contribution in [3.63, 3.8) is 0 Å². The number of fused-ring (bicyclic) bond motifs is 6. The van der Waals surface area contributed by atoms with Gasteiger partial charge in [-0.2, -0.15) is 0 Å². The minimum atomic E-state index is -2.20. The summed E-state index contributed by atoms with van der Waals surface area (Å²) < 4.78 is 65.7. The van der Waals surface area contributed by atoms with Crippen LogP contribution in [0, 0.1) is 11.8 Å². The van der Waals surface area contributed by atoms with E-state index in [4.69, 9.17) is 68.8 Å². The van der Waals surface area contributed by atoms with Crippen molar-refractivity contribution >= 4 is 105 Å². The second kappa shape index (κ2) is 51.6. The Balaban J connectivity index is 0.704. The van der Waals surface area contributed by atoms with E-state index in [1.54, 1.807) is 52.1 Å². The molecule has 0 spiro atoms. The second-order valence-electron chi connectivity index (χ2n) is 36.2. The van der Waals surface area contributed by atoms with E-state index >= 15 is 0 Å². The molecule has 1 unspecified atom stereocenters. The average Bonchev–Trinajstić information content (AvgIpc) is 1.57. The van der Waals surface area contributed by atoms with E-state index in [1.807, 2.05) is 43.1 Å². The maximum Gasteiger partial charge on any atom is 0.410 e. The lowest BCUT2D eigenvalue weighted by atomic mass is 9.83. The quantitative estimate of drug-likeness (QED) is 0.00995. The Morgan fingerprint density at radius 2 is 1.45 bits per heavy atom. The van der Waals surface area contributed by atoms with Crippen LogP contribution in [0.25, 0.3) is 11.0 Å². The number of nitrogens with one attached hydrogen (secondary N) is 6. The molecule has 768 valence electrons. The number of hydrogen-bond donors (Lipinski definition) is 13. The Morgan fingerprint density at radius 3 is 2.13 bits per heavy atom. The first-order chi connectivity index (χ1) is 66.1. The molecule has 6 aliphatic rings. The third-order valence-corrected chi connectivity index (χ3v) is 26.2. The van der Waals surface area contributed by atoms with E-state index in [-0.39, 0.29) is 150 Å². The molecule has 0 aliphatic carbocycles. The first-order valence-electron chi connectivity index (χ1n) is 46.8. The van der Waals surface area contributed by atoms with Crippen LogP contribution < -0.4 is 46.4 Å². The molecule has 9 amide bonds. The fraction of sp³-hybridized carbons (Fsp3) is 0.628. The highest BCUT2D eigenvalue weighted by molar-refractivity contribution is 6.35. The van der Waals surface area contributed by atoms with Crippen molar-refractivity contribution in [1.82, 2.24) is 60.9 Å². The number of epoxide rings is 1. The number of hydrazine groups is 1. The molecule has 10 rings (SSSR count). The van der Waals surface area contributed by atoms with Gasteiger partial charge in [-0.15, -0.1) is 0 Å². The number of aliphatic hydroxyl groups excluding tert-OH is 4. The molecular formula is C94H135ClN14O30. The molecule has 5 fully saturated rings. The van der Waals surface area contributed by atoms with Crippen molar-refractivity contribution in [2.24, 2.45) is 11.8 Å². The van der Waals surface area contributed by atoms with E-state index in [9.17, 15) is 88.2 Å². The fourth-order valence-corrected chi connectivity index (χ4v) is 17.4. The zero-order chi connectivity index (χ0) is 101. The van der Waals surface area contributed by atoms with Gasteiger partial charge in [0.05, 0.1) is 96.8 Å². The number of halogens is 1. The number of aromatic nitrogens is 2. The summed E-state index contributed by atoms with van der Waals surface area (Å²) in [6.07, 6.45) is -10.3. The number of rotatable bonds is 44. The van der Waals surface area contributed by atoms with Crippen LogP contribution in [-0.2, 0) is 117 Å². The summed E-state index contributed by atoms with van der Waals surface area (Å²) >= 11 is 6.87. The fourth-order valence-electron chi connectivity index (χ4n) is 17.1. The standard InChI is InChI=1S/C94H135ClN14O30/c1-54(2)79(101-72(111)27-37-130-41-43-132-39-30-97-62-22-31-106(32-23-62)74(113)26-35-109-64(52-103(9)96-8)49-61-16-14-29-98-85(61)109)87(122)99-57(5)86(121)100-65-19-18-59(47-67(65)135-90-82(120)80(118)81(119)83(138-90)88(123)124)53-134-92(127)107-33-24-63(25-34-107)108(36-40-133-44-42-131-38-28-77(116)117)75(114)21-20-73(112)104(10)58(6)89(125)137-71-50-76(115)105(11)66-46-60(48-68(129-12)78(66)95)45-55(3)15-13-17-70(110)94(128)51-69(136-91(126)102-94)56(4)84-93(71,7)139-84/h13-19,29,46-49,54,56-58,62-63,69-71,79-84,90,96-97,110,118-120,128H,20-28,30-45,50-53H2,1-12H3,(H,99,122)(H,100,121)(H,101,111)(H,102,126)(H,116,117)(H,123,124)/b17-13+,55-15+/t56-,57+,58+,69+,70-,71+,79+,80+,81+,82-,83+,84?,90-,93+,94+/m1/s1. The van der Waals surface area contributed by atoms with Gasteiger partial charge < -0.3 is 138 Å². The molecule has 8 heterocycles. The highest BCUT2D eigenvalue weighted by atomic mass is 35.5. The van der Waals surface area contributed by atoms with Gasteiger partial charge in [0.2, 0.25) is 47.6 Å². The highest BCUT2D eigenvalue weighted by Gasteiger charge is 2.65.